The zero-order chi connectivity index (χ0) is 15.2. The highest BCUT2D eigenvalue weighted by molar-refractivity contribution is 7.71. The quantitative estimate of drug-likeness (QED) is 0.731. The molecule has 0 aromatic carbocycles. The average Bonchev–Trinajstić information content (AvgIpc) is 2.82. The van der Waals surface area contributed by atoms with E-state index in [1.54, 1.807) is 0 Å². The van der Waals surface area contributed by atoms with E-state index in [2.05, 4.69) is 27.8 Å². The van der Waals surface area contributed by atoms with Crippen molar-refractivity contribution >= 4 is 18.2 Å². The maximum Gasteiger partial charge on any atom is 0.315 e. The van der Waals surface area contributed by atoms with Gasteiger partial charge in [-0.15, -0.1) is 0 Å². The summed E-state index contributed by atoms with van der Waals surface area (Å²) < 4.78 is 2.57. The van der Waals surface area contributed by atoms with Crippen LogP contribution in [0.1, 0.15) is 45.4 Å². The highest BCUT2D eigenvalue weighted by atomic mass is 32.1. The first-order chi connectivity index (χ1) is 10.1. The molecule has 0 aliphatic heterocycles. The minimum Gasteiger partial charge on any atom is -0.338 e. The van der Waals surface area contributed by atoms with Gasteiger partial charge < -0.3 is 15.2 Å². The van der Waals surface area contributed by atoms with Crippen LogP contribution in [0.4, 0.5) is 4.79 Å². The van der Waals surface area contributed by atoms with Gasteiger partial charge in [-0.3, -0.25) is 5.10 Å². The molecule has 2 amide bonds. The third kappa shape index (κ3) is 4.30. The van der Waals surface area contributed by atoms with E-state index in [1.807, 2.05) is 11.5 Å². The maximum atomic E-state index is 11.9. The summed E-state index contributed by atoms with van der Waals surface area (Å²) in [6.45, 7) is 5.59. The van der Waals surface area contributed by atoms with Crippen LogP contribution in [0.25, 0.3) is 0 Å². The first-order valence-corrected chi connectivity index (χ1v) is 8.21. The molecule has 1 aliphatic rings. The van der Waals surface area contributed by atoms with Crippen molar-refractivity contribution < 1.29 is 4.79 Å². The standard InChI is InChI=1S/C14H25N5OS/c1-3-19-12(17-18-14(19)21)8-9-15-13(20)16-11-7-5-4-6-10(11)2/h10-11H,3-9H2,1-2H3,(H,18,21)(H2,15,16,20). The summed E-state index contributed by atoms with van der Waals surface area (Å²) >= 11 is 5.14. The van der Waals surface area contributed by atoms with Gasteiger partial charge in [-0.25, -0.2) is 4.79 Å². The average molecular weight is 311 g/mol. The Hall–Kier alpha value is -1.37. The second-order valence-corrected chi connectivity index (χ2v) is 6.09. The summed E-state index contributed by atoms with van der Waals surface area (Å²) in [4.78, 5) is 11.9. The molecule has 0 saturated heterocycles. The number of carbonyl (C=O) groups is 1. The molecule has 1 aliphatic carbocycles. The van der Waals surface area contributed by atoms with Crippen molar-refractivity contribution in [1.29, 1.82) is 0 Å². The summed E-state index contributed by atoms with van der Waals surface area (Å²) in [5.41, 5.74) is 0. The van der Waals surface area contributed by atoms with Crippen LogP contribution in [0, 0.1) is 10.7 Å². The maximum absolute atomic E-state index is 11.9. The van der Waals surface area contributed by atoms with Crippen molar-refractivity contribution in [3.8, 4) is 0 Å². The number of carbonyl (C=O) groups excluding carboxylic acids is 1. The van der Waals surface area contributed by atoms with Gasteiger partial charge in [-0.1, -0.05) is 19.8 Å². The van der Waals surface area contributed by atoms with Gasteiger partial charge in [0.2, 0.25) is 0 Å². The van der Waals surface area contributed by atoms with Crippen LogP contribution in [0.3, 0.4) is 0 Å². The van der Waals surface area contributed by atoms with E-state index in [1.165, 1.54) is 19.3 Å². The Kier molecular flexibility index (Phi) is 5.78. The van der Waals surface area contributed by atoms with Gasteiger partial charge in [0, 0.05) is 25.6 Å². The fourth-order valence-corrected chi connectivity index (χ4v) is 3.19. The van der Waals surface area contributed by atoms with E-state index in [4.69, 9.17) is 12.2 Å². The van der Waals surface area contributed by atoms with Crippen LogP contribution in [-0.4, -0.2) is 33.4 Å². The molecule has 1 aromatic heterocycles. The van der Waals surface area contributed by atoms with Gasteiger partial charge in [0.05, 0.1) is 0 Å². The third-order valence-electron chi connectivity index (χ3n) is 4.22. The van der Waals surface area contributed by atoms with Crippen LogP contribution >= 0.6 is 12.2 Å². The molecule has 3 N–H and O–H groups in total. The van der Waals surface area contributed by atoms with E-state index in [0.29, 0.717) is 29.7 Å². The van der Waals surface area contributed by atoms with Gasteiger partial charge in [0.1, 0.15) is 5.82 Å². The molecule has 2 rings (SSSR count). The SMILES string of the molecule is CCn1c(CCNC(=O)NC2CCCCC2C)n[nH]c1=S. The largest absolute Gasteiger partial charge is 0.338 e. The van der Waals surface area contributed by atoms with Gasteiger partial charge in [-0.2, -0.15) is 5.10 Å². The van der Waals surface area contributed by atoms with E-state index in [9.17, 15) is 4.79 Å². The van der Waals surface area contributed by atoms with Crippen LogP contribution in [0.2, 0.25) is 0 Å². The number of amides is 2. The molecule has 1 heterocycles. The zero-order valence-corrected chi connectivity index (χ0v) is 13.6. The molecule has 2 unspecified atom stereocenters. The zero-order valence-electron chi connectivity index (χ0n) is 12.8. The van der Waals surface area contributed by atoms with Crippen LogP contribution in [0.5, 0.6) is 0 Å². The molecule has 0 radical (unpaired) electrons. The first-order valence-electron chi connectivity index (χ1n) is 7.80. The molecule has 0 bridgehead atoms. The topological polar surface area (TPSA) is 74.7 Å². The van der Waals surface area contributed by atoms with E-state index < -0.39 is 0 Å². The van der Waals surface area contributed by atoms with Crippen LogP contribution in [-0.2, 0) is 13.0 Å². The van der Waals surface area contributed by atoms with Crippen molar-refractivity contribution in [2.45, 2.75) is 58.5 Å². The number of hydrogen-bond acceptors (Lipinski definition) is 3. The normalized spacial score (nSPS) is 22.0. The van der Waals surface area contributed by atoms with Crippen molar-refractivity contribution in [3.05, 3.63) is 10.6 Å². The Labute approximate surface area is 130 Å². The lowest BCUT2D eigenvalue weighted by atomic mass is 9.86. The number of nitrogens with one attached hydrogen (secondary N) is 3. The molecule has 1 aromatic rings. The van der Waals surface area contributed by atoms with Crippen molar-refractivity contribution in [1.82, 2.24) is 25.4 Å². The molecule has 1 saturated carbocycles. The Balaban J connectivity index is 1.75. The van der Waals surface area contributed by atoms with E-state index >= 15 is 0 Å². The second-order valence-electron chi connectivity index (χ2n) is 5.71. The highest BCUT2D eigenvalue weighted by Crippen LogP contribution is 2.23. The predicted molar refractivity (Wildman–Crippen MR) is 84.7 cm³/mol. The smallest absolute Gasteiger partial charge is 0.315 e. The number of aromatic nitrogens is 3. The van der Waals surface area contributed by atoms with Crippen molar-refractivity contribution in [3.63, 3.8) is 0 Å². The third-order valence-corrected chi connectivity index (χ3v) is 4.53. The minimum absolute atomic E-state index is 0.0778. The molecular formula is C14H25N5OS. The summed E-state index contributed by atoms with van der Waals surface area (Å²) in [5, 5.41) is 13.0. The fourth-order valence-electron chi connectivity index (χ4n) is 2.91. The van der Waals surface area contributed by atoms with Crippen molar-refractivity contribution in [2.24, 2.45) is 5.92 Å². The molecule has 6 nitrogen and oxygen atoms in total. The van der Waals surface area contributed by atoms with Crippen molar-refractivity contribution in [2.75, 3.05) is 6.54 Å². The Bertz CT molecular complexity index is 524. The molecule has 2 atom stereocenters. The number of hydrogen-bond donors (Lipinski definition) is 3. The van der Waals surface area contributed by atoms with Gasteiger partial charge >= 0.3 is 6.03 Å². The van der Waals surface area contributed by atoms with Gasteiger partial charge in [0.15, 0.2) is 4.77 Å². The van der Waals surface area contributed by atoms with Gasteiger partial charge in [-0.05, 0) is 37.9 Å². The molecule has 1 fully saturated rings. The highest BCUT2D eigenvalue weighted by Gasteiger charge is 2.22. The lowest BCUT2D eigenvalue weighted by molar-refractivity contribution is 0.222. The number of nitrogens with zero attached hydrogens (tertiary/aromatic N) is 2. The summed E-state index contributed by atoms with van der Waals surface area (Å²) in [5.74, 6) is 1.45. The Morgan fingerprint density at radius 2 is 2.24 bits per heavy atom. The van der Waals surface area contributed by atoms with Crippen LogP contribution < -0.4 is 10.6 Å². The summed E-state index contributed by atoms with van der Waals surface area (Å²) in [7, 11) is 0. The molecule has 7 heteroatoms. The number of rotatable bonds is 5. The van der Waals surface area contributed by atoms with Crippen LogP contribution in [0.15, 0.2) is 0 Å². The van der Waals surface area contributed by atoms with E-state index in [-0.39, 0.29) is 6.03 Å². The fraction of sp³-hybridized carbons (Fsp3) is 0.786. The first kappa shape index (κ1) is 16.0. The predicted octanol–water partition coefficient (Wildman–Crippen LogP) is 2.38. The van der Waals surface area contributed by atoms with E-state index in [0.717, 1.165) is 18.8 Å². The molecule has 21 heavy (non-hydrogen) atoms. The van der Waals surface area contributed by atoms with Gasteiger partial charge in [0.25, 0.3) is 0 Å². The Morgan fingerprint density at radius 1 is 1.48 bits per heavy atom. The monoisotopic (exact) mass is 311 g/mol. The Morgan fingerprint density at radius 3 is 2.95 bits per heavy atom. The lowest BCUT2D eigenvalue weighted by Crippen LogP contribution is -2.46. The minimum atomic E-state index is -0.0778. The number of H-pyrrole nitrogens is 1. The number of aromatic amines is 1. The molecular weight excluding hydrogens is 286 g/mol. The molecule has 0 spiro atoms. The summed E-state index contributed by atoms with van der Waals surface area (Å²) in [6.07, 6.45) is 5.45. The lowest BCUT2D eigenvalue weighted by Gasteiger charge is -2.29. The second kappa shape index (κ2) is 7.59. The summed E-state index contributed by atoms with van der Waals surface area (Å²) in [6, 6.07) is 0.231. The number of urea groups is 1. The molecule has 118 valence electrons.